The molecule has 9 heteroatoms. The smallest absolute Gasteiger partial charge is 0.278 e. The van der Waals surface area contributed by atoms with Gasteiger partial charge in [-0.2, -0.15) is 10.1 Å². The first-order valence-corrected chi connectivity index (χ1v) is 7.86. The molecule has 0 fully saturated rings. The summed E-state index contributed by atoms with van der Waals surface area (Å²) in [5.41, 5.74) is 0.808. The van der Waals surface area contributed by atoms with Crippen molar-refractivity contribution in [1.82, 2.24) is 24.9 Å². The van der Waals surface area contributed by atoms with Gasteiger partial charge >= 0.3 is 0 Å². The van der Waals surface area contributed by atoms with E-state index in [9.17, 15) is 13.6 Å². The summed E-state index contributed by atoms with van der Waals surface area (Å²) < 4.78 is 33.0. The number of hydrogen-bond acceptors (Lipinski definition) is 6. The van der Waals surface area contributed by atoms with Gasteiger partial charge in [-0.15, -0.1) is 0 Å². The molecule has 0 amide bonds. The maximum absolute atomic E-state index is 13.4. The van der Waals surface area contributed by atoms with Crippen molar-refractivity contribution in [2.24, 2.45) is 0 Å². The van der Waals surface area contributed by atoms with Crippen LogP contribution < -0.4 is 5.56 Å². The van der Waals surface area contributed by atoms with E-state index in [1.54, 1.807) is 24.5 Å². The summed E-state index contributed by atoms with van der Waals surface area (Å²) in [7, 11) is 0. The van der Waals surface area contributed by atoms with Crippen LogP contribution in [0.1, 0.15) is 5.56 Å². The highest BCUT2D eigenvalue weighted by Gasteiger charge is 2.13. The van der Waals surface area contributed by atoms with Crippen molar-refractivity contribution < 1.29 is 13.3 Å². The molecule has 1 aromatic carbocycles. The molecule has 3 aromatic heterocycles. The zero-order valence-electron chi connectivity index (χ0n) is 13.7. The Kier molecular flexibility index (Phi) is 4.25. The fourth-order valence-corrected chi connectivity index (χ4v) is 2.50. The van der Waals surface area contributed by atoms with Crippen LogP contribution >= 0.6 is 0 Å². The fourth-order valence-electron chi connectivity index (χ4n) is 2.50. The van der Waals surface area contributed by atoms with E-state index in [-0.39, 0.29) is 23.7 Å². The van der Waals surface area contributed by atoms with Crippen LogP contribution in [-0.4, -0.2) is 24.9 Å². The highest BCUT2D eigenvalue weighted by Crippen LogP contribution is 2.19. The van der Waals surface area contributed by atoms with Crippen molar-refractivity contribution in [3.05, 3.63) is 82.4 Å². The second kappa shape index (κ2) is 6.87. The number of pyridine rings is 1. The van der Waals surface area contributed by atoms with Crippen molar-refractivity contribution in [2.75, 3.05) is 0 Å². The van der Waals surface area contributed by atoms with E-state index in [1.165, 1.54) is 12.1 Å². The van der Waals surface area contributed by atoms with Gasteiger partial charge in [0.1, 0.15) is 17.3 Å². The van der Waals surface area contributed by atoms with Crippen LogP contribution in [0, 0.1) is 11.6 Å². The largest absolute Gasteiger partial charge is 0.332 e. The van der Waals surface area contributed by atoms with E-state index in [0.717, 1.165) is 22.9 Å². The molecule has 7 nitrogen and oxygen atoms in total. The third-order valence-corrected chi connectivity index (χ3v) is 3.70. The Bertz CT molecular complexity index is 1140. The summed E-state index contributed by atoms with van der Waals surface area (Å²) in [5, 5.41) is 8.04. The molecule has 0 spiro atoms. The van der Waals surface area contributed by atoms with Crippen LogP contribution in [0.2, 0.25) is 0 Å². The maximum atomic E-state index is 13.4. The molecule has 0 radical (unpaired) electrons. The monoisotopic (exact) mass is 367 g/mol. The lowest BCUT2D eigenvalue weighted by molar-refractivity contribution is 0.429. The number of aromatic nitrogens is 5. The van der Waals surface area contributed by atoms with Gasteiger partial charge in [-0.1, -0.05) is 5.16 Å². The van der Waals surface area contributed by atoms with Crippen LogP contribution in [-0.2, 0) is 6.54 Å². The molecule has 27 heavy (non-hydrogen) atoms. The first-order valence-electron chi connectivity index (χ1n) is 7.86. The van der Waals surface area contributed by atoms with Gasteiger partial charge in [0.2, 0.25) is 5.82 Å². The van der Waals surface area contributed by atoms with Gasteiger partial charge in [0, 0.05) is 30.1 Å². The van der Waals surface area contributed by atoms with E-state index < -0.39 is 17.2 Å². The number of benzene rings is 1. The van der Waals surface area contributed by atoms with Gasteiger partial charge in [-0.3, -0.25) is 9.78 Å². The molecule has 0 aliphatic heterocycles. The average molecular weight is 367 g/mol. The maximum Gasteiger partial charge on any atom is 0.278 e. The summed E-state index contributed by atoms with van der Waals surface area (Å²) in [5.74, 6) is -0.999. The Morgan fingerprint density at radius 3 is 2.48 bits per heavy atom. The third kappa shape index (κ3) is 3.61. The zero-order chi connectivity index (χ0) is 18.8. The SMILES string of the molecule is O=c1ccc(-c2nc(-c3ccncc3)no2)nn1Cc1cc(F)cc(F)c1. The van der Waals surface area contributed by atoms with Gasteiger partial charge in [-0.25, -0.2) is 13.5 Å². The number of halogens is 2. The molecule has 0 saturated heterocycles. The second-order valence-electron chi connectivity index (χ2n) is 5.65. The van der Waals surface area contributed by atoms with E-state index >= 15 is 0 Å². The molecule has 0 aliphatic rings. The molecule has 0 atom stereocenters. The predicted octanol–water partition coefficient (Wildman–Crippen LogP) is 2.68. The minimum atomic E-state index is -0.729. The van der Waals surface area contributed by atoms with Gasteiger partial charge in [0.15, 0.2) is 0 Å². The van der Waals surface area contributed by atoms with Crippen LogP contribution in [0.25, 0.3) is 23.0 Å². The van der Waals surface area contributed by atoms with Crippen LogP contribution in [0.3, 0.4) is 0 Å². The molecule has 3 heterocycles. The number of nitrogens with zero attached hydrogens (tertiary/aromatic N) is 5. The number of hydrogen-bond donors (Lipinski definition) is 0. The Morgan fingerprint density at radius 2 is 1.74 bits per heavy atom. The zero-order valence-corrected chi connectivity index (χ0v) is 13.7. The third-order valence-electron chi connectivity index (χ3n) is 3.70. The molecular formula is C18H11F2N5O2. The molecule has 0 N–H and O–H groups in total. The molecule has 4 rings (SSSR count). The summed E-state index contributed by atoms with van der Waals surface area (Å²) in [6, 6.07) is 9.19. The van der Waals surface area contributed by atoms with Crippen molar-refractivity contribution in [3.8, 4) is 23.0 Å². The Balaban J connectivity index is 1.67. The van der Waals surface area contributed by atoms with Gasteiger partial charge in [-0.05, 0) is 35.9 Å². The van der Waals surface area contributed by atoms with E-state index in [1.807, 2.05) is 0 Å². The highest BCUT2D eigenvalue weighted by molar-refractivity contribution is 5.56. The molecule has 0 saturated carbocycles. The highest BCUT2D eigenvalue weighted by atomic mass is 19.1. The lowest BCUT2D eigenvalue weighted by atomic mass is 10.2. The van der Waals surface area contributed by atoms with Gasteiger partial charge in [0.25, 0.3) is 11.4 Å². The first-order chi connectivity index (χ1) is 13.1. The standard InChI is InChI=1S/C18H11F2N5O2/c19-13-7-11(8-14(20)9-13)10-25-16(26)2-1-15(23-25)18-22-17(24-27-18)12-3-5-21-6-4-12/h1-9H,10H2. The van der Waals surface area contributed by atoms with Crippen LogP contribution in [0.15, 0.2) is 64.2 Å². The van der Waals surface area contributed by atoms with Crippen molar-refractivity contribution in [1.29, 1.82) is 0 Å². The minimum absolute atomic E-state index is 0.104. The second-order valence-corrected chi connectivity index (χ2v) is 5.65. The summed E-state index contributed by atoms with van der Waals surface area (Å²) in [4.78, 5) is 20.2. The van der Waals surface area contributed by atoms with Crippen LogP contribution in [0.4, 0.5) is 8.78 Å². The fraction of sp³-hybridized carbons (Fsp3) is 0.0556. The molecule has 0 aliphatic carbocycles. The molecular weight excluding hydrogens is 356 g/mol. The van der Waals surface area contributed by atoms with E-state index in [0.29, 0.717) is 11.4 Å². The average Bonchev–Trinajstić information content (AvgIpc) is 3.14. The normalized spacial score (nSPS) is 10.9. The first kappa shape index (κ1) is 16.7. The predicted molar refractivity (Wildman–Crippen MR) is 90.5 cm³/mol. The quantitative estimate of drug-likeness (QED) is 0.551. The lowest BCUT2D eigenvalue weighted by Gasteiger charge is -2.06. The van der Waals surface area contributed by atoms with Crippen LogP contribution in [0.5, 0.6) is 0 Å². The number of rotatable bonds is 4. The molecule has 4 aromatic rings. The minimum Gasteiger partial charge on any atom is -0.332 e. The van der Waals surface area contributed by atoms with Crippen molar-refractivity contribution in [3.63, 3.8) is 0 Å². The van der Waals surface area contributed by atoms with Crippen molar-refractivity contribution >= 4 is 0 Å². The molecule has 134 valence electrons. The van der Waals surface area contributed by atoms with Gasteiger partial charge < -0.3 is 4.52 Å². The summed E-state index contributed by atoms with van der Waals surface area (Å²) in [6.45, 7) is -0.104. The summed E-state index contributed by atoms with van der Waals surface area (Å²) >= 11 is 0. The Labute approximate surface area is 150 Å². The van der Waals surface area contributed by atoms with Crippen molar-refractivity contribution in [2.45, 2.75) is 6.54 Å². The van der Waals surface area contributed by atoms with E-state index in [4.69, 9.17) is 4.52 Å². The lowest BCUT2D eigenvalue weighted by Crippen LogP contribution is -2.23. The molecule has 0 bridgehead atoms. The van der Waals surface area contributed by atoms with E-state index in [2.05, 4.69) is 20.2 Å². The van der Waals surface area contributed by atoms with Gasteiger partial charge in [0.05, 0.1) is 6.54 Å². The Hall–Kier alpha value is -3.75. The molecule has 0 unspecified atom stereocenters. The Morgan fingerprint density at radius 1 is 1.00 bits per heavy atom. The summed E-state index contributed by atoms with van der Waals surface area (Å²) in [6.07, 6.45) is 3.20. The topological polar surface area (TPSA) is 86.7 Å².